The van der Waals surface area contributed by atoms with Gasteiger partial charge in [-0.3, -0.25) is 14.7 Å². The van der Waals surface area contributed by atoms with Crippen molar-refractivity contribution in [2.75, 3.05) is 36.8 Å². The Morgan fingerprint density at radius 2 is 1.44 bits per heavy atom. The molecule has 8 heteroatoms. The zero-order valence-corrected chi connectivity index (χ0v) is 14.6. The summed E-state index contributed by atoms with van der Waals surface area (Å²) >= 11 is 0. The highest BCUT2D eigenvalue weighted by atomic mass is 16.1. The molecule has 0 spiro atoms. The van der Waals surface area contributed by atoms with Crippen molar-refractivity contribution in [1.29, 1.82) is 0 Å². The maximum atomic E-state index is 13.3. The highest BCUT2D eigenvalue weighted by Crippen LogP contribution is 2.42. The minimum atomic E-state index is -0.202. The number of benzene rings is 2. The van der Waals surface area contributed by atoms with Crippen LogP contribution >= 0.6 is 0 Å². The van der Waals surface area contributed by atoms with Crippen LogP contribution in [0.3, 0.4) is 0 Å². The summed E-state index contributed by atoms with van der Waals surface area (Å²) in [7, 11) is 0. The molecule has 1 aliphatic carbocycles. The van der Waals surface area contributed by atoms with Gasteiger partial charge < -0.3 is 22.1 Å². The van der Waals surface area contributed by atoms with E-state index in [9.17, 15) is 9.59 Å². The first-order valence-electron chi connectivity index (χ1n) is 8.78. The molecule has 7 N–H and O–H groups in total. The molecule has 138 valence electrons. The Kier molecular flexibility index (Phi) is 4.35. The third-order valence-electron chi connectivity index (χ3n) is 4.67. The predicted molar refractivity (Wildman–Crippen MR) is 104 cm³/mol. The summed E-state index contributed by atoms with van der Waals surface area (Å²) in [4.78, 5) is 26.6. The molecule has 8 nitrogen and oxygen atoms in total. The van der Waals surface area contributed by atoms with E-state index < -0.39 is 0 Å². The molecule has 3 aromatic rings. The monoisotopic (exact) mass is 364 g/mol. The Hall–Kier alpha value is -3.23. The Bertz CT molecular complexity index is 975. The fourth-order valence-electron chi connectivity index (χ4n) is 3.53. The van der Waals surface area contributed by atoms with Crippen LogP contribution in [0.5, 0.6) is 0 Å². The van der Waals surface area contributed by atoms with E-state index in [1.165, 1.54) is 0 Å². The standard InChI is InChI=1S/C19H20N6O2/c20-5-7-22-15-12-9-24-25-16(12)17(23-8-6-21)14-13(15)18(26)10-3-1-2-4-11(10)19(14)27/h1-4,9,22-23H,5-8,20-21H2,(H,24,25). The van der Waals surface area contributed by atoms with Gasteiger partial charge in [0.2, 0.25) is 0 Å². The lowest BCUT2D eigenvalue weighted by Crippen LogP contribution is -2.26. The van der Waals surface area contributed by atoms with Crippen LogP contribution in [0, 0.1) is 0 Å². The molecular weight excluding hydrogens is 344 g/mol. The van der Waals surface area contributed by atoms with Gasteiger partial charge in [0.15, 0.2) is 11.6 Å². The van der Waals surface area contributed by atoms with Gasteiger partial charge in [-0.15, -0.1) is 0 Å². The molecule has 0 fully saturated rings. The number of rotatable bonds is 6. The van der Waals surface area contributed by atoms with Gasteiger partial charge in [0.1, 0.15) is 0 Å². The quantitative estimate of drug-likeness (QED) is 0.323. The summed E-state index contributed by atoms with van der Waals surface area (Å²) in [6.07, 6.45) is 1.64. The van der Waals surface area contributed by atoms with Crippen molar-refractivity contribution in [2.24, 2.45) is 11.5 Å². The Balaban J connectivity index is 2.06. The molecule has 1 heterocycles. The molecule has 1 aliphatic rings. The number of fused-ring (bicyclic) bond motifs is 3. The number of ketones is 2. The minimum absolute atomic E-state index is 0.196. The van der Waals surface area contributed by atoms with Crippen molar-refractivity contribution in [3.63, 3.8) is 0 Å². The smallest absolute Gasteiger partial charge is 0.196 e. The normalized spacial score (nSPS) is 12.8. The molecule has 0 aliphatic heterocycles. The maximum absolute atomic E-state index is 13.3. The molecule has 0 bridgehead atoms. The van der Waals surface area contributed by atoms with E-state index in [-0.39, 0.29) is 11.6 Å². The zero-order chi connectivity index (χ0) is 19.0. The summed E-state index contributed by atoms with van der Waals surface area (Å²) < 4.78 is 0. The molecule has 0 atom stereocenters. The van der Waals surface area contributed by atoms with Gasteiger partial charge in [-0.2, -0.15) is 5.10 Å². The highest BCUT2D eigenvalue weighted by Gasteiger charge is 2.36. The summed E-state index contributed by atoms with van der Waals surface area (Å²) in [5, 5.41) is 14.2. The first-order chi connectivity index (χ1) is 13.2. The van der Waals surface area contributed by atoms with Crippen molar-refractivity contribution < 1.29 is 9.59 Å². The van der Waals surface area contributed by atoms with E-state index in [1.54, 1.807) is 30.5 Å². The van der Waals surface area contributed by atoms with Gasteiger partial charge in [-0.05, 0) is 0 Å². The van der Waals surface area contributed by atoms with E-state index in [2.05, 4.69) is 20.8 Å². The summed E-state index contributed by atoms with van der Waals surface area (Å²) in [5.41, 5.74) is 14.5. The van der Waals surface area contributed by atoms with E-state index in [0.29, 0.717) is 65.3 Å². The van der Waals surface area contributed by atoms with Gasteiger partial charge in [0.25, 0.3) is 0 Å². The molecular formula is C19H20N6O2. The molecule has 2 aromatic carbocycles. The third kappa shape index (κ3) is 2.57. The SMILES string of the molecule is NCCNc1c2c(c(NCCN)c3[nH]ncc13)C(=O)c1ccccc1C2=O. The van der Waals surface area contributed by atoms with Gasteiger partial charge >= 0.3 is 0 Å². The molecule has 4 rings (SSSR count). The van der Waals surface area contributed by atoms with E-state index in [0.717, 1.165) is 5.39 Å². The second kappa shape index (κ2) is 6.82. The Morgan fingerprint density at radius 1 is 0.889 bits per heavy atom. The van der Waals surface area contributed by atoms with Crippen molar-refractivity contribution in [1.82, 2.24) is 10.2 Å². The van der Waals surface area contributed by atoms with Crippen LogP contribution in [0.15, 0.2) is 30.5 Å². The summed E-state index contributed by atoms with van der Waals surface area (Å²) in [5.74, 6) is -0.398. The summed E-state index contributed by atoms with van der Waals surface area (Å²) in [6, 6.07) is 6.86. The number of carbonyl (C=O) groups excluding carboxylic acids is 2. The summed E-state index contributed by atoms with van der Waals surface area (Å²) in [6.45, 7) is 1.70. The number of hydrogen-bond acceptors (Lipinski definition) is 7. The number of aromatic nitrogens is 2. The van der Waals surface area contributed by atoms with Gasteiger partial charge in [0, 0.05) is 42.7 Å². The van der Waals surface area contributed by atoms with Crippen molar-refractivity contribution in [2.45, 2.75) is 0 Å². The average Bonchev–Trinajstić information content (AvgIpc) is 3.18. The number of aromatic amines is 1. The molecule has 0 unspecified atom stereocenters. The largest absolute Gasteiger partial charge is 0.383 e. The maximum Gasteiger partial charge on any atom is 0.196 e. The molecule has 0 amide bonds. The van der Waals surface area contributed by atoms with Crippen LogP contribution < -0.4 is 22.1 Å². The topological polar surface area (TPSA) is 139 Å². The van der Waals surface area contributed by atoms with Crippen LogP contribution in [0.25, 0.3) is 10.9 Å². The van der Waals surface area contributed by atoms with Crippen LogP contribution in [0.1, 0.15) is 31.8 Å². The number of H-pyrrole nitrogens is 1. The molecule has 0 saturated heterocycles. The molecule has 0 saturated carbocycles. The Labute approximate surface area is 155 Å². The van der Waals surface area contributed by atoms with Gasteiger partial charge in [-0.1, -0.05) is 24.3 Å². The fourth-order valence-corrected chi connectivity index (χ4v) is 3.53. The minimum Gasteiger partial charge on any atom is -0.383 e. The predicted octanol–water partition coefficient (Wildman–Crippen LogP) is 1.08. The fraction of sp³-hybridized carbons (Fsp3) is 0.211. The van der Waals surface area contributed by atoms with Crippen LogP contribution in [-0.4, -0.2) is 47.9 Å². The Morgan fingerprint density at radius 3 is 2.04 bits per heavy atom. The van der Waals surface area contributed by atoms with Crippen molar-refractivity contribution in [3.05, 3.63) is 52.7 Å². The number of anilines is 2. The van der Waals surface area contributed by atoms with Crippen molar-refractivity contribution in [3.8, 4) is 0 Å². The number of nitrogens with one attached hydrogen (secondary N) is 3. The van der Waals surface area contributed by atoms with Crippen LogP contribution in [-0.2, 0) is 0 Å². The van der Waals surface area contributed by atoms with E-state index >= 15 is 0 Å². The molecule has 0 radical (unpaired) electrons. The number of nitrogens with zero attached hydrogens (tertiary/aromatic N) is 1. The molecule has 1 aromatic heterocycles. The lowest BCUT2D eigenvalue weighted by atomic mass is 9.81. The van der Waals surface area contributed by atoms with Crippen LogP contribution in [0.2, 0.25) is 0 Å². The number of nitrogens with two attached hydrogens (primary N) is 2. The van der Waals surface area contributed by atoms with Crippen molar-refractivity contribution >= 4 is 33.8 Å². The second-order valence-electron chi connectivity index (χ2n) is 6.29. The highest BCUT2D eigenvalue weighted by molar-refractivity contribution is 6.34. The molecule has 27 heavy (non-hydrogen) atoms. The van der Waals surface area contributed by atoms with E-state index in [4.69, 9.17) is 11.5 Å². The van der Waals surface area contributed by atoms with E-state index in [1.807, 2.05) is 0 Å². The lowest BCUT2D eigenvalue weighted by molar-refractivity contribution is 0.0980. The van der Waals surface area contributed by atoms with Crippen LogP contribution in [0.4, 0.5) is 11.4 Å². The van der Waals surface area contributed by atoms with Gasteiger partial charge in [-0.25, -0.2) is 0 Å². The average molecular weight is 364 g/mol. The lowest BCUT2D eigenvalue weighted by Gasteiger charge is -2.24. The zero-order valence-electron chi connectivity index (χ0n) is 14.6. The first kappa shape index (κ1) is 17.2. The third-order valence-corrected chi connectivity index (χ3v) is 4.67. The second-order valence-corrected chi connectivity index (χ2v) is 6.29. The number of carbonyl (C=O) groups is 2. The first-order valence-corrected chi connectivity index (χ1v) is 8.78. The number of hydrogen-bond donors (Lipinski definition) is 5. The van der Waals surface area contributed by atoms with Gasteiger partial charge in [0.05, 0.1) is 34.2 Å².